The highest BCUT2D eigenvalue weighted by Crippen LogP contribution is 2.24. The van der Waals surface area contributed by atoms with Gasteiger partial charge in [-0.15, -0.1) is 0 Å². The second-order valence-electron chi connectivity index (χ2n) is 4.42. The lowest BCUT2D eigenvalue weighted by Gasteiger charge is -2.12. The maximum atomic E-state index is 12.1. The number of aromatic carboxylic acids is 1. The van der Waals surface area contributed by atoms with Crippen molar-refractivity contribution >= 4 is 40.9 Å². The van der Waals surface area contributed by atoms with Crippen LogP contribution >= 0.6 is 23.4 Å². The van der Waals surface area contributed by atoms with Crippen molar-refractivity contribution in [2.45, 2.75) is 17.2 Å². The fourth-order valence-corrected chi connectivity index (χ4v) is 2.67. The Bertz CT molecular complexity index is 694. The van der Waals surface area contributed by atoms with E-state index in [9.17, 15) is 9.59 Å². The summed E-state index contributed by atoms with van der Waals surface area (Å²) in [7, 11) is 0. The van der Waals surface area contributed by atoms with Crippen LogP contribution < -0.4 is 5.32 Å². The molecular weight excluding hydrogens is 324 g/mol. The first kappa shape index (κ1) is 16.3. The minimum absolute atomic E-state index is 0.0514. The summed E-state index contributed by atoms with van der Waals surface area (Å²) >= 11 is 7.11. The van der Waals surface area contributed by atoms with E-state index in [0.717, 1.165) is 5.03 Å². The Balaban J connectivity index is 2.05. The summed E-state index contributed by atoms with van der Waals surface area (Å²) in [6.07, 6.45) is 1.66. The van der Waals surface area contributed by atoms with Gasteiger partial charge in [0.15, 0.2) is 0 Å². The van der Waals surface area contributed by atoms with Gasteiger partial charge in [-0.3, -0.25) is 4.79 Å². The Morgan fingerprint density at radius 1 is 1.32 bits per heavy atom. The molecule has 1 aromatic carbocycles. The Labute approximate surface area is 136 Å². The lowest BCUT2D eigenvalue weighted by atomic mass is 10.2. The van der Waals surface area contributed by atoms with E-state index in [4.69, 9.17) is 16.7 Å². The number of carbonyl (C=O) groups is 2. The van der Waals surface area contributed by atoms with Crippen molar-refractivity contribution in [3.05, 3.63) is 53.2 Å². The lowest BCUT2D eigenvalue weighted by Crippen LogP contribution is -2.22. The molecule has 1 heterocycles. The van der Waals surface area contributed by atoms with Gasteiger partial charge in [0.05, 0.1) is 20.9 Å². The number of pyridine rings is 1. The van der Waals surface area contributed by atoms with Gasteiger partial charge in [0.25, 0.3) is 0 Å². The average molecular weight is 337 g/mol. The number of carbonyl (C=O) groups excluding carboxylic acids is 1. The van der Waals surface area contributed by atoms with E-state index < -0.39 is 5.97 Å². The highest BCUT2D eigenvalue weighted by Gasteiger charge is 2.16. The molecule has 0 aliphatic carbocycles. The Kier molecular flexibility index (Phi) is 5.41. The second kappa shape index (κ2) is 7.29. The second-order valence-corrected chi connectivity index (χ2v) is 6.19. The maximum Gasteiger partial charge on any atom is 0.337 e. The third kappa shape index (κ3) is 4.22. The third-order valence-electron chi connectivity index (χ3n) is 2.77. The molecule has 1 atom stereocenters. The number of nitrogens with one attached hydrogen (secondary N) is 1. The van der Waals surface area contributed by atoms with Crippen LogP contribution in [0.4, 0.5) is 5.69 Å². The summed E-state index contributed by atoms with van der Waals surface area (Å²) in [4.78, 5) is 27.3. The van der Waals surface area contributed by atoms with Gasteiger partial charge in [-0.2, -0.15) is 0 Å². The van der Waals surface area contributed by atoms with Crippen LogP contribution in [0.2, 0.25) is 5.02 Å². The number of thioether (sulfide) groups is 1. The van der Waals surface area contributed by atoms with Gasteiger partial charge < -0.3 is 10.4 Å². The predicted octanol–water partition coefficient (Wildman–Crippen LogP) is 3.55. The van der Waals surface area contributed by atoms with E-state index in [-0.39, 0.29) is 21.7 Å². The standard InChI is InChI=1S/C15H13ClN2O3S/c1-9(22-13-4-2-3-7-17-13)14(19)18-10-5-6-12(16)11(8-10)15(20)21/h2-9H,1H3,(H,18,19)(H,20,21). The van der Waals surface area contributed by atoms with Crippen molar-refractivity contribution in [2.24, 2.45) is 0 Å². The zero-order chi connectivity index (χ0) is 16.1. The topological polar surface area (TPSA) is 79.3 Å². The molecule has 1 unspecified atom stereocenters. The molecule has 2 aromatic rings. The first-order valence-corrected chi connectivity index (χ1v) is 7.64. The number of carboxylic acids is 1. The van der Waals surface area contributed by atoms with Crippen LogP contribution in [0.1, 0.15) is 17.3 Å². The van der Waals surface area contributed by atoms with E-state index in [1.807, 2.05) is 12.1 Å². The molecule has 1 aromatic heterocycles. The normalized spacial score (nSPS) is 11.7. The quantitative estimate of drug-likeness (QED) is 0.816. The van der Waals surface area contributed by atoms with Crippen LogP contribution in [0.15, 0.2) is 47.6 Å². The minimum Gasteiger partial charge on any atom is -0.478 e. The van der Waals surface area contributed by atoms with Gasteiger partial charge >= 0.3 is 5.97 Å². The number of amides is 1. The first-order valence-electron chi connectivity index (χ1n) is 6.39. The van der Waals surface area contributed by atoms with Gasteiger partial charge in [-0.25, -0.2) is 9.78 Å². The van der Waals surface area contributed by atoms with Crippen LogP contribution in [-0.2, 0) is 4.79 Å². The van der Waals surface area contributed by atoms with Crippen molar-refractivity contribution in [2.75, 3.05) is 5.32 Å². The molecule has 0 radical (unpaired) electrons. The Morgan fingerprint density at radius 3 is 2.73 bits per heavy atom. The molecule has 7 heteroatoms. The Hall–Kier alpha value is -2.05. The zero-order valence-corrected chi connectivity index (χ0v) is 13.2. The van der Waals surface area contributed by atoms with Crippen molar-refractivity contribution in [3.8, 4) is 0 Å². The van der Waals surface area contributed by atoms with Gasteiger partial charge in [0.2, 0.25) is 5.91 Å². The Morgan fingerprint density at radius 2 is 2.09 bits per heavy atom. The number of carboxylic acid groups (broad SMARTS) is 1. The van der Waals surface area contributed by atoms with E-state index in [0.29, 0.717) is 5.69 Å². The molecule has 22 heavy (non-hydrogen) atoms. The number of aromatic nitrogens is 1. The number of halogens is 1. The fraction of sp³-hybridized carbons (Fsp3) is 0.133. The molecule has 5 nitrogen and oxygen atoms in total. The van der Waals surface area contributed by atoms with Crippen molar-refractivity contribution in [1.29, 1.82) is 0 Å². The predicted molar refractivity (Wildman–Crippen MR) is 86.6 cm³/mol. The van der Waals surface area contributed by atoms with Crippen LogP contribution in [0.5, 0.6) is 0 Å². The van der Waals surface area contributed by atoms with Crippen molar-refractivity contribution in [3.63, 3.8) is 0 Å². The van der Waals surface area contributed by atoms with Gasteiger partial charge in [0.1, 0.15) is 0 Å². The number of anilines is 1. The summed E-state index contributed by atoms with van der Waals surface area (Å²) in [5.74, 6) is -1.38. The van der Waals surface area contributed by atoms with Crippen molar-refractivity contribution in [1.82, 2.24) is 4.98 Å². The van der Waals surface area contributed by atoms with E-state index in [1.165, 1.54) is 23.9 Å². The SMILES string of the molecule is CC(Sc1ccccn1)C(=O)Nc1ccc(Cl)c(C(=O)O)c1. The van der Waals surface area contributed by atoms with E-state index >= 15 is 0 Å². The molecule has 0 saturated carbocycles. The van der Waals surface area contributed by atoms with Crippen LogP contribution in [0.25, 0.3) is 0 Å². The molecule has 0 aliphatic heterocycles. The number of hydrogen-bond donors (Lipinski definition) is 2. The summed E-state index contributed by atoms with van der Waals surface area (Å²) in [5.41, 5.74) is 0.338. The summed E-state index contributed by atoms with van der Waals surface area (Å²) in [6.45, 7) is 1.75. The monoisotopic (exact) mass is 336 g/mol. The largest absolute Gasteiger partial charge is 0.478 e. The smallest absolute Gasteiger partial charge is 0.337 e. The van der Waals surface area contributed by atoms with Crippen LogP contribution in [0.3, 0.4) is 0 Å². The van der Waals surface area contributed by atoms with Gasteiger partial charge in [0, 0.05) is 11.9 Å². The fourth-order valence-electron chi connectivity index (χ4n) is 1.66. The molecule has 2 rings (SSSR count). The molecule has 0 aliphatic rings. The molecule has 0 spiro atoms. The molecule has 114 valence electrons. The molecule has 0 bridgehead atoms. The summed E-state index contributed by atoms with van der Waals surface area (Å²) in [6, 6.07) is 9.80. The molecule has 0 saturated heterocycles. The maximum absolute atomic E-state index is 12.1. The molecule has 2 N–H and O–H groups in total. The molecule has 1 amide bonds. The third-order valence-corrected chi connectivity index (χ3v) is 4.15. The number of benzene rings is 1. The van der Waals surface area contributed by atoms with E-state index in [1.54, 1.807) is 25.3 Å². The summed E-state index contributed by atoms with van der Waals surface area (Å²) < 4.78 is 0. The van der Waals surface area contributed by atoms with Crippen LogP contribution in [0, 0.1) is 0 Å². The number of nitrogens with zero attached hydrogens (tertiary/aromatic N) is 1. The van der Waals surface area contributed by atoms with Crippen LogP contribution in [-0.4, -0.2) is 27.2 Å². The number of hydrogen-bond acceptors (Lipinski definition) is 4. The molecule has 0 fully saturated rings. The average Bonchev–Trinajstić information content (AvgIpc) is 2.49. The van der Waals surface area contributed by atoms with Gasteiger partial charge in [-0.1, -0.05) is 29.4 Å². The zero-order valence-electron chi connectivity index (χ0n) is 11.6. The van der Waals surface area contributed by atoms with Crippen molar-refractivity contribution < 1.29 is 14.7 Å². The number of rotatable bonds is 5. The first-order chi connectivity index (χ1) is 10.5. The van der Waals surface area contributed by atoms with E-state index in [2.05, 4.69) is 10.3 Å². The highest BCUT2D eigenvalue weighted by molar-refractivity contribution is 8.00. The lowest BCUT2D eigenvalue weighted by molar-refractivity contribution is -0.115. The highest BCUT2D eigenvalue weighted by atomic mass is 35.5. The van der Waals surface area contributed by atoms with Gasteiger partial charge in [-0.05, 0) is 37.3 Å². The summed E-state index contributed by atoms with van der Waals surface area (Å²) in [5, 5.41) is 12.2. The minimum atomic E-state index is -1.14. The molecular formula is C15H13ClN2O3S.